The lowest BCUT2D eigenvalue weighted by atomic mass is 10.2. The summed E-state index contributed by atoms with van der Waals surface area (Å²) in [5.74, 6) is 0.0749. The maximum absolute atomic E-state index is 12.3. The predicted molar refractivity (Wildman–Crippen MR) is 50.1 cm³/mol. The van der Waals surface area contributed by atoms with Crippen LogP contribution in [0.25, 0.3) is 5.57 Å². The average Bonchev–Trinajstić information content (AvgIpc) is 2.58. The minimum Gasteiger partial charge on any atom is -0.404 e. The topological polar surface area (TPSA) is 54.7 Å². The molecule has 0 aliphatic rings. The molecule has 0 amide bonds. The summed E-state index contributed by atoms with van der Waals surface area (Å²) in [4.78, 5) is 6.81. The number of allylic oxidation sites excluding steroid dienone is 4. The molecule has 0 fully saturated rings. The molecule has 0 atom stereocenters. The first kappa shape index (κ1) is 9.25. The standard InChI is InChI=1S/C9H10FN3/c1-7(10)2-3-8(6-11)9-12-4-5-13-9/h2-6H,1,11H2,(H,12,13)/b3-2-,8-6+. The zero-order chi connectivity index (χ0) is 9.68. The third-order valence-electron chi connectivity index (χ3n) is 1.39. The molecule has 1 aromatic rings. The van der Waals surface area contributed by atoms with Crippen LogP contribution in [0.2, 0.25) is 0 Å². The molecular weight excluding hydrogens is 169 g/mol. The molecular formula is C9H10FN3. The Hall–Kier alpha value is -1.84. The van der Waals surface area contributed by atoms with E-state index in [2.05, 4.69) is 16.5 Å². The van der Waals surface area contributed by atoms with E-state index in [1.54, 1.807) is 12.4 Å². The van der Waals surface area contributed by atoms with Crippen molar-refractivity contribution in [3.63, 3.8) is 0 Å². The van der Waals surface area contributed by atoms with Crippen LogP contribution in [-0.2, 0) is 0 Å². The van der Waals surface area contributed by atoms with Gasteiger partial charge in [0.15, 0.2) is 0 Å². The lowest BCUT2D eigenvalue weighted by Crippen LogP contribution is -1.88. The number of aromatic amines is 1. The van der Waals surface area contributed by atoms with Crippen molar-refractivity contribution in [3.05, 3.63) is 49.0 Å². The highest BCUT2D eigenvalue weighted by atomic mass is 19.1. The summed E-state index contributed by atoms with van der Waals surface area (Å²) < 4.78 is 12.3. The van der Waals surface area contributed by atoms with Crippen molar-refractivity contribution < 1.29 is 4.39 Å². The Morgan fingerprint density at radius 1 is 1.62 bits per heavy atom. The predicted octanol–water partition coefficient (Wildman–Crippen LogP) is 1.75. The number of H-pyrrole nitrogens is 1. The minimum absolute atomic E-state index is 0.522. The van der Waals surface area contributed by atoms with E-state index in [-0.39, 0.29) is 0 Å². The highest BCUT2D eigenvalue weighted by molar-refractivity contribution is 5.69. The van der Waals surface area contributed by atoms with Gasteiger partial charge in [-0.3, -0.25) is 0 Å². The molecule has 0 aliphatic carbocycles. The van der Waals surface area contributed by atoms with Gasteiger partial charge in [0.25, 0.3) is 0 Å². The van der Waals surface area contributed by atoms with Crippen LogP contribution in [0.3, 0.4) is 0 Å². The number of nitrogens with zero attached hydrogens (tertiary/aromatic N) is 1. The molecule has 4 heteroatoms. The number of halogens is 1. The maximum atomic E-state index is 12.3. The number of imidazole rings is 1. The van der Waals surface area contributed by atoms with Gasteiger partial charge in [0.05, 0.1) is 0 Å². The molecule has 1 heterocycles. The van der Waals surface area contributed by atoms with Gasteiger partial charge in [0, 0.05) is 24.2 Å². The molecule has 1 aromatic heterocycles. The first-order valence-electron chi connectivity index (χ1n) is 3.68. The number of aromatic nitrogens is 2. The van der Waals surface area contributed by atoms with Gasteiger partial charge in [-0.1, -0.05) is 6.58 Å². The van der Waals surface area contributed by atoms with Crippen molar-refractivity contribution in [1.82, 2.24) is 9.97 Å². The molecule has 0 aromatic carbocycles. The van der Waals surface area contributed by atoms with Crippen LogP contribution in [0.5, 0.6) is 0 Å². The van der Waals surface area contributed by atoms with E-state index in [1.807, 2.05) is 0 Å². The number of rotatable bonds is 3. The molecule has 1 rings (SSSR count). The average molecular weight is 179 g/mol. The smallest absolute Gasteiger partial charge is 0.138 e. The van der Waals surface area contributed by atoms with Crippen molar-refractivity contribution in [2.24, 2.45) is 5.73 Å². The number of hydrogen-bond donors (Lipinski definition) is 2. The quantitative estimate of drug-likeness (QED) is 0.694. The number of nitrogens with one attached hydrogen (secondary N) is 1. The first-order valence-corrected chi connectivity index (χ1v) is 3.68. The third-order valence-corrected chi connectivity index (χ3v) is 1.39. The molecule has 3 nitrogen and oxygen atoms in total. The van der Waals surface area contributed by atoms with Crippen LogP contribution in [0.1, 0.15) is 5.82 Å². The van der Waals surface area contributed by atoms with E-state index in [9.17, 15) is 4.39 Å². The van der Waals surface area contributed by atoms with Gasteiger partial charge in [-0.2, -0.15) is 0 Å². The molecule has 3 N–H and O–H groups in total. The van der Waals surface area contributed by atoms with Crippen molar-refractivity contribution in [3.8, 4) is 0 Å². The summed E-state index contributed by atoms with van der Waals surface area (Å²) in [6.45, 7) is 3.09. The number of hydrogen-bond acceptors (Lipinski definition) is 2. The fraction of sp³-hybridized carbons (Fsp3) is 0. The van der Waals surface area contributed by atoms with Crippen molar-refractivity contribution in [2.45, 2.75) is 0 Å². The molecule has 13 heavy (non-hydrogen) atoms. The number of nitrogens with two attached hydrogens (primary N) is 1. The summed E-state index contributed by atoms with van der Waals surface area (Å²) in [5, 5.41) is 0. The Labute approximate surface area is 75.5 Å². The minimum atomic E-state index is -0.522. The zero-order valence-corrected chi connectivity index (χ0v) is 7.00. The normalized spacial score (nSPS) is 12.2. The Morgan fingerprint density at radius 3 is 2.85 bits per heavy atom. The fourth-order valence-electron chi connectivity index (χ4n) is 0.817. The fourth-order valence-corrected chi connectivity index (χ4v) is 0.817. The summed E-state index contributed by atoms with van der Waals surface area (Å²) in [7, 11) is 0. The highest BCUT2D eigenvalue weighted by Gasteiger charge is 1.97. The molecule has 0 saturated heterocycles. The lowest BCUT2D eigenvalue weighted by molar-refractivity contribution is 0.671. The van der Waals surface area contributed by atoms with Crippen molar-refractivity contribution in [2.75, 3.05) is 0 Å². The van der Waals surface area contributed by atoms with E-state index in [0.717, 1.165) is 0 Å². The molecule has 0 bridgehead atoms. The summed E-state index contributed by atoms with van der Waals surface area (Å²) in [6, 6.07) is 0. The van der Waals surface area contributed by atoms with Gasteiger partial charge in [-0.15, -0.1) is 0 Å². The molecule has 0 saturated carbocycles. The van der Waals surface area contributed by atoms with E-state index >= 15 is 0 Å². The van der Waals surface area contributed by atoms with Gasteiger partial charge in [-0.25, -0.2) is 9.37 Å². The second-order valence-corrected chi connectivity index (χ2v) is 2.34. The Kier molecular flexibility index (Phi) is 3.03. The van der Waals surface area contributed by atoms with Crippen LogP contribution in [0.15, 0.2) is 43.2 Å². The van der Waals surface area contributed by atoms with Gasteiger partial charge in [-0.05, 0) is 12.2 Å². The van der Waals surface area contributed by atoms with Crippen LogP contribution in [0, 0.1) is 0 Å². The second kappa shape index (κ2) is 4.25. The van der Waals surface area contributed by atoms with Gasteiger partial charge in [0.2, 0.25) is 0 Å². The molecule has 0 aliphatic heterocycles. The molecule has 0 unspecified atom stereocenters. The maximum Gasteiger partial charge on any atom is 0.138 e. The largest absolute Gasteiger partial charge is 0.404 e. The Morgan fingerprint density at radius 2 is 2.38 bits per heavy atom. The Balaban J connectivity index is 2.83. The highest BCUT2D eigenvalue weighted by Crippen LogP contribution is 2.10. The van der Waals surface area contributed by atoms with Gasteiger partial charge >= 0.3 is 0 Å². The van der Waals surface area contributed by atoms with E-state index < -0.39 is 5.83 Å². The molecule has 68 valence electrons. The summed E-state index contributed by atoms with van der Waals surface area (Å²) >= 11 is 0. The van der Waals surface area contributed by atoms with Crippen LogP contribution in [-0.4, -0.2) is 9.97 Å². The van der Waals surface area contributed by atoms with Gasteiger partial charge < -0.3 is 10.7 Å². The third kappa shape index (κ3) is 2.59. The van der Waals surface area contributed by atoms with Crippen molar-refractivity contribution in [1.29, 1.82) is 0 Å². The summed E-state index contributed by atoms with van der Waals surface area (Å²) in [5.41, 5.74) is 5.94. The summed E-state index contributed by atoms with van der Waals surface area (Å²) in [6.07, 6.45) is 7.33. The van der Waals surface area contributed by atoms with Crippen molar-refractivity contribution >= 4 is 5.57 Å². The van der Waals surface area contributed by atoms with Gasteiger partial charge in [0.1, 0.15) is 11.7 Å². The van der Waals surface area contributed by atoms with Crippen LogP contribution in [0.4, 0.5) is 4.39 Å². The monoisotopic (exact) mass is 179 g/mol. The first-order chi connectivity index (χ1) is 6.24. The zero-order valence-electron chi connectivity index (χ0n) is 7.00. The second-order valence-electron chi connectivity index (χ2n) is 2.34. The van der Waals surface area contributed by atoms with Crippen LogP contribution >= 0.6 is 0 Å². The lowest BCUT2D eigenvalue weighted by Gasteiger charge is -1.94. The van der Waals surface area contributed by atoms with E-state index in [1.165, 1.54) is 18.4 Å². The SMILES string of the molecule is C=C(F)/C=C\C(=C/N)c1ncc[nH]1. The van der Waals surface area contributed by atoms with Crippen LogP contribution < -0.4 is 5.73 Å². The Bertz CT molecular complexity index is 336. The molecule has 0 radical (unpaired) electrons. The van der Waals surface area contributed by atoms with E-state index in [0.29, 0.717) is 11.4 Å². The van der Waals surface area contributed by atoms with E-state index in [4.69, 9.17) is 5.73 Å². The molecule has 0 spiro atoms.